The minimum Gasteiger partial charge on any atom is -0.238 e. The van der Waals surface area contributed by atoms with Gasteiger partial charge in [0.1, 0.15) is 0 Å². The first-order chi connectivity index (χ1) is 5.81. The van der Waals surface area contributed by atoms with Crippen LogP contribution in [0.5, 0.6) is 0 Å². The number of rotatable bonds is 1. The fourth-order valence-electron chi connectivity index (χ4n) is 1.32. The molecular formula is C9H9BrN2. The number of aryl methyl sites for hydroxylation is 1. The predicted molar refractivity (Wildman–Crippen MR) is 52.3 cm³/mol. The Morgan fingerprint density at radius 2 is 2.33 bits per heavy atom. The Labute approximate surface area is 79.3 Å². The average Bonchev–Trinajstić information content (AvgIpc) is 2.50. The monoisotopic (exact) mass is 224 g/mol. The van der Waals surface area contributed by atoms with Gasteiger partial charge in [-0.25, -0.2) is 4.52 Å². The summed E-state index contributed by atoms with van der Waals surface area (Å²) in [6, 6.07) is 6.16. The molecule has 2 aromatic rings. The average molecular weight is 225 g/mol. The van der Waals surface area contributed by atoms with E-state index in [0.717, 1.165) is 16.4 Å². The fraction of sp³-hybridized carbons (Fsp3) is 0.222. The number of hydrogen-bond acceptors (Lipinski definition) is 1. The smallest absolute Gasteiger partial charge is 0.0675 e. The molecule has 0 fully saturated rings. The summed E-state index contributed by atoms with van der Waals surface area (Å²) in [5.41, 5.74) is 2.37. The van der Waals surface area contributed by atoms with Crippen LogP contribution in [0.4, 0.5) is 0 Å². The van der Waals surface area contributed by atoms with E-state index in [1.165, 1.54) is 5.69 Å². The van der Waals surface area contributed by atoms with Crippen LogP contribution in [0.25, 0.3) is 5.52 Å². The lowest BCUT2D eigenvalue weighted by atomic mass is 10.3. The summed E-state index contributed by atoms with van der Waals surface area (Å²) in [6.45, 7) is 2.13. The van der Waals surface area contributed by atoms with Crippen molar-refractivity contribution in [1.82, 2.24) is 9.61 Å². The van der Waals surface area contributed by atoms with Gasteiger partial charge in [-0.05, 0) is 24.6 Å². The van der Waals surface area contributed by atoms with Gasteiger partial charge in [0.15, 0.2) is 0 Å². The van der Waals surface area contributed by atoms with E-state index in [1.54, 1.807) is 0 Å². The second kappa shape index (κ2) is 2.90. The summed E-state index contributed by atoms with van der Waals surface area (Å²) in [7, 11) is 0. The summed E-state index contributed by atoms with van der Waals surface area (Å²) in [6.07, 6.45) is 2.82. The molecule has 0 aromatic carbocycles. The van der Waals surface area contributed by atoms with Gasteiger partial charge >= 0.3 is 0 Å². The Kier molecular flexibility index (Phi) is 1.89. The van der Waals surface area contributed by atoms with Crippen LogP contribution in [-0.4, -0.2) is 9.61 Å². The molecule has 0 amide bonds. The zero-order chi connectivity index (χ0) is 8.55. The van der Waals surface area contributed by atoms with Crippen molar-refractivity contribution in [2.75, 3.05) is 0 Å². The molecule has 2 heterocycles. The maximum absolute atomic E-state index is 4.23. The van der Waals surface area contributed by atoms with Gasteiger partial charge in [-0.15, -0.1) is 0 Å². The lowest BCUT2D eigenvalue weighted by Gasteiger charge is -2.02. The van der Waals surface area contributed by atoms with Crippen LogP contribution in [0.15, 0.2) is 28.9 Å². The van der Waals surface area contributed by atoms with Crippen molar-refractivity contribution in [2.45, 2.75) is 13.3 Å². The van der Waals surface area contributed by atoms with Gasteiger partial charge in [-0.1, -0.05) is 22.9 Å². The van der Waals surface area contributed by atoms with E-state index in [0.29, 0.717) is 0 Å². The number of fused-ring (bicyclic) bond motifs is 1. The van der Waals surface area contributed by atoms with Gasteiger partial charge in [0, 0.05) is 16.4 Å². The van der Waals surface area contributed by atoms with Crippen molar-refractivity contribution in [3.05, 3.63) is 34.6 Å². The van der Waals surface area contributed by atoms with E-state index in [4.69, 9.17) is 0 Å². The molecule has 62 valence electrons. The van der Waals surface area contributed by atoms with Gasteiger partial charge in [-0.3, -0.25) is 0 Å². The molecule has 0 atom stereocenters. The second-order valence-corrected chi connectivity index (χ2v) is 3.60. The van der Waals surface area contributed by atoms with Crippen LogP contribution < -0.4 is 0 Å². The summed E-state index contributed by atoms with van der Waals surface area (Å²) in [4.78, 5) is 0. The zero-order valence-electron chi connectivity index (χ0n) is 6.79. The number of nitrogens with zero attached hydrogens (tertiary/aromatic N) is 2. The van der Waals surface area contributed by atoms with Gasteiger partial charge in [0.25, 0.3) is 0 Å². The molecule has 2 nitrogen and oxygen atoms in total. The fourth-order valence-corrected chi connectivity index (χ4v) is 1.82. The number of aromatic nitrogens is 2. The van der Waals surface area contributed by atoms with E-state index < -0.39 is 0 Å². The maximum Gasteiger partial charge on any atom is 0.0675 e. The summed E-state index contributed by atoms with van der Waals surface area (Å²) < 4.78 is 3.08. The highest BCUT2D eigenvalue weighted by atomic mass is 79.9. The largest absolute Gasteiger partial charge is 0.238 e. The van der Waals surface area contributed by atoms with Gasteiger partial charge in [0.05, 0.1) is 5.52 Å². The van der Waals surface area contributed by atoms with Gasteiger partial charge in [-0.2, -0.15) is 5.10 Å². The number of halogens is 1. The highest BCUT2D eigenvalue weighted by molar-refractivity contribution is 9.10. The van der Waals surface area contributed by atoms with Crippen LogP contribution in [0.2, 0.25) is 0 Å². The Balaban J connectivity index is 2.80. The highest BCUT2D eigenvalue weighted by Gasteiger charge is 2.00. The molecule has 0 aliphatic rings. The molecule has 0 aliphatic carbocycles. The number of pyridine rings is 1. The molecule has 0 spiro atoms. The Hall–Kier alpha value is -0.830. The standard InChI is InChI=1S/C9H9BrN2/c1-2-8-5-7(10)6-9-3-4-11-12(8)9/h3-6H,2H2,1H3. The molecular weight excluding hydrogens is 216 g/mol. The Morgan fingerprint density at radius 3 is 3.08 bits per heavy atom. The predicted octanol–water partition coefficient (Wildman–Crippen LogP) is 2.66. The molecule has 0 N–H and O–H groups in total. The van der Waals surface area contributed by atoms with E-state index in [-0.39, 0.29) is 0 Å². The van der Waals surface area contributed by atoms with Crippen molar-refractivity contribution in [1.29, 1.82) is 0 Å². The van der Waals surface area contributed by atoms with E-state index >= 15 is 0 Å². The first-order valence-corrected chi connectivity index (χ1v) is 4.72. The Bertz CT molecular complexity index is 406. The first kappa shape index (κ1) is 7.80. The van der Waals surface area contributed by atoms with Crippen molar-refractivity contribution in [2.24, 2.45) is 0 Å². The SMILES string of the molecule is CCc1cc(Br)cc2ccnn12. The van der Waals surface area contributed by atoms with E-state index in [9.17, 15) is 0 Å². The molecule has 0 saturated heterocycles. The molecule has 0 bridgehead atoms. The molecule has 12 heavy (non-hydrogen) atoms. The lowest BCUT2D eigenvalue weighted by molar-refractivity contribution is 0.863. The van der Waals surface area contributed by atoms with Crippen LogP contribution in [0.1, 0.15) is 12.6 Å². The lowest BCUT2D eigenvalue weighted by Crippen LogP contribution is -1.96. The molecule has 0 radical (unpaired) electrons. The second-order valence-electron chi connectivity index (χ2n) is 2.69. The maximum atomic E-state index is 4.23. The van der Waals surface area contributed by atoms with Crippen molar-refractivity contribution >= 4 is 21.4 Å². The molecule has 0 aliphatic heterocycles. The van der Waals surface area contributed by atoms with Gasteiger partial charge < -0.3 is 0 Å². The third kappa shape index (κ3) is 1.14. The van der Waals surface area contributed by atoms with Crippen LogP contribution in [-0.2, 0) is 6.42 Å². The molecule has 2 rings (SSSR count). The van der Waals surface area contributed by atoms with Gasteiger partial charge in [0.2, 0.25) is 0 Å². The molecule has 3 heteroatoms. The van der Waals surface area contributed by atoms with Crippen LogP contribution in [0.3, 0.4) is 0 Å². The summed E-state index contributed by atoms with van der Waals surface area (Å²) >= 11 is 3.47. The van der Waals surface area contributed by atoms with Crippen molar-refractivity contribution < 1.29 is 0 Å². The third-order valence-electron chi connectivity index (χ3n) is 1.90. The molecule has 0 unspecified atom stereocenters. The normalized spacial score (nSPS) is 10.8. The highest BCUT2D eigenvalue weighted by Crippen LogP contribution is 2.16. The Morgan fingerprint density at radius 1 is 1.50 bits per heavy atom. The van der Waals surface area contributed by atoms with Crippen LogP contribution in [0, 0.1) is 0 Å². The minimum atomic E-state index is 0.998. The topological polar surface area (TPSA) is 17.3 Å². The van der Waals surface area contributed by atoms with Crippen LogP contribution >= 0.6 is 15.9 Å². The van der Waals surface area contributed by atoms with Crippen molar-refractivity contribution in [3.8, 4) is 0 Å². The zero-order valence-corrected chi connectivity index (χ0v) is 8.37. The number of hydrogen-bond donors (Lipinski definition) is 0. The first-order valence-electron chi connectivity index (χ1n) is 3.93. The summed E-state index contributed by atoms with van der Waals surface area (Å²) in [5.74, 6) is 0. The van der Waals surface area contributed by atoms with E-state index in [2.05, 4.69) is 40.1 Å². The minimum absolute atomic E-state index is 0.998. The quantitative estimate of drug-likeness (QED) is 0.729. The molecule has 0 saturated carbocycles. The van der Waals surface area contributed by atoms with Crippen molar-refractivity contribution in [3.63, 3.8) is 0 Å². The molecule has 2 aromatic heterocycles. The van der Waals surface area contributed by atoms with E-state index in [1.807, 2.05) is 16.8 Å². The summed E-state index contributed by atoms with van der Waals surface area (Å²) in [5, 5.41) is 4.23. The third-order valence-corrected chi connectivity index (χ3v) is 2.35.